The van der Waals surface area contributed by atoms with Crippen LogP contribution in [0.2, 0.25) is 5.02 Å². The summed E-state index contributed by atoms with van der Waals surface area (Å²) in [4.78, 5) is 15.4. The van der Waals surface area contributed by atoms with Gasteiger partial charge in [-0.05, 0) is 66.4 Å². The smallest absolute Gasteiger partial charge is 0.253 e. The molecule has 1 amide bonds. The van der Waals surface area contributed by atoms with Gasteiger partial charge >= 0.3 is 0 Å². The lowest BCUT2D eigenvalue weighted by Crippen LogP contribution is -2.47. The van der Waals surface area contributed by atoms with Crippen molar-refractivity contribution in [1.29, 1.82) is 0 Å². The van der Waals surface area contributed by atoms with Crippen molar-refractivity contribution >= 4 is 17.5 Å². The molecule has 34 heavy (non-hydrogen) atoms. The second-order valence-electron chi connectivity index (χ2n) is 8.44. The van der Waals surface area contributed by atoms with E-state index in [-0.39, 0.29) is 23.8 Å². The van der Waals surface area contributed by atoms with Gasteiger partial charge in [-0.3, -0.25) is 9.69 Å². The number of methoxy groups -OCH3 is 2. The Kier molecular flexibility index (Phi) is 7.39. The molecule has 0 radical (unpaired) electrons. The van der Waals surface area contributed by atoms with E-state index < -0.39 is 0 Å². The van der Waals surface area contributed by atoms with E-state index in [9.17, 15) is 9.18 Å². The summed E-state index contributed by atoms with van der Waals surface area (Å²) in [6, 6.07) is 17.2. The lowest BCUT2D eigenvalue weighted by molar-refractivity contribution is 0.0877. The van der Waals surface area contributed by atoms with E-state index in [1.165, 1.54) is 12.1 Å². The topological polar surface area (TPSA) is 50.8 Å². The summed E-state index contributed by atoms with van der Waals surface area (Å²) in [5, 5.41) is 3.55. The standard InChI is InChI=1S/C27H28ClFN2O3/c1-17(30-27(32)21-6-4-5-7-23(21)28)26-22-15-25(34-3)24(33-2)14-19(22)12-13-31(26)16-18-8-10-20(29)11-9-18/h4-11,14-15,17,26H,12-13,16H2,1-3H3,(H,30,32)/t17-,26-/m1/s1. The molecule has 0 saturated heterocycles. The number of halogens is 2. The first-order valence-electron chi connectivity index (χ1n) is 11.2. The Bertz CT molecular complexity index is 1170. The number of hydrogen-bond donors (Lipinski definition) is 1. The summed E-state index contributed by atoms with van der Waals surface area (Å²) < 4.78 is 24.5. The van der Waals surface area contributed by atoms with Gasteiger partial charge < -0.3 is 14.8 Å². The van der Waals surface area contributed by atoms with Crippen molar-refractivity contribution in [3.63, 3.8) is 0 Å². The summed E-state index contributed by atoms with van der Waals surface area (Å²) in [5.41, 5.74) is 3.65. The number of fused-ring (bicyclic) bond motifs is 1. The van der Waals surface area contributed by atoms with E-state index in [2.05, 4.69) is 10.2 Å². The van der Waals surface area contributed by atoms with Crippen LogP contribution in [0.4, 0.5) is 4.39 Å². The van der Waals surface area contributed by atoms with Crippen molar-refractivity contribution in [2.75, 3.05) is 20.8 Å². The van der Waals surface area contributed by atoms with Crippen LogP contribution in [0.25, 0.3) is 0 Å². The molecule has 0 fully saturated rings. The van der Waals surface area contributed by atoms with E-state index in [1.807, 2.05) is 19.1 Å². The van der Waals surface area contributed by atoms with Crippen LogP contribution in [-0.4, -0.2) is 37.6 Å². The minimum Gasteiger partial charge on any atom is -0.493 e. The monoisotopic (exact) mass is 482 g/mol. The highest BCUT2D eigenvalue weighted by atomic mass is 35.5. The van der Waals surface area contributed by atoms with Crippen LogP contribution in [0.3, 0.4) is 0 Å². The zero-order valence-electron chi connectivity index (χ0n) is 19.5. The van der Waals surface area contributed by atoms with Gasteiger partial charge in [0.1, 0.15) is 5.82 Å². The van der Waals surface area contributed by atoms with Crippen LogP contribution >= 0.6 is 11.6 Å². The van der Waals surface area contributed by atoms with Crippen LogP contribution in [-0.2, 0) is 13.0 Å². The average Bonchev–Trinajstić information content (AvgIpc) is 2.84. The normalized spacial score (nSPS) is 16.4. The van der Waals surface area contributed by atoms with Crippen LogP contribution < -0.4 is 14.8 Å². The van der Waals surface area contributed by atoms with Crippen molar-refractivity contribution in [3.05, 3.63) is 93.8 Å². The summed E-state index contributed by atoms with van der Waals surface area (Å²) in [6.45, 7) is 3.38. The van der Waals surface area contributed by atoms with Gasteiger partial charge in [0.15, 0.2) is 11.5 Å². The van der Waals surface area contributed by atoms with Crippen molar-refractivity contribution < 1.29 is 18.7 Å². The average molecular weight is 483 g/mol. The molecular weight excluding hydrogens is 455 g/mol. The largest absolute Gasteiger partial charge is 0.493 e. The molecule has 3 aromatic carbocycles. The number of nitrogens with one attached hydrogen (secondary N) is 1. The lowest BCUT2D eigenvalue weighted by Gasteiger charge is -2.41. The molecule has 1 heterocycles. The van der Waals surface area contributed by atoms with Crippen molar-refractivity contribution in [2.24, 2.45) is 0 Å². The molecule has 1 aliphatic heterocycles. The van der Waals surface area contributed by atoms with Gasteiger partial charge in [-0.15, -0.1) is 0 Å². The van der Waals surface area contributed by atoms with Crippen molar-refractivity contribution in [2.45, 2.75) is 32.0 Å². The molecular formula is C27H28ClFN2O3. The van der Waals surface area contributed by atoms with Crippen LogP contribution in [0.5, 0.6) is 11.5 Å². The molecule has 0 aliphatic carbocycles. The van der Waals surface area contributed by atoms with E-state index in [4.69, 9.17) is 21.1 Å². The fourth-order valence-corrected chi connectivity index (χ4v) is 4.85. The SMILES string of the molecule is COc1cc2c(cc1OC)[C@@H]([C@@H](C)NC(=O)c1ccccc1Cl)N(Cc1ccc(F)cc1)CC2. The zero-order valence-corrected chi connectivity index (χ0v) is 20.2. The summed E-state index contributed by atoms with van der Waals surface area (Å²) in [5.74, 6) is 0.827. The number of carbonyl (C=O) groups is 1. The van der Waals surface area contributed by atoms with E-state index >= 15 is 0 Å². The minimum absolute atomic E-state index is 0.139. The maximum Gasteiger partial charge on any atom is 0.253 e. The zero-order chi connectivity index (χ0) is 24.2. The third kappa shape index (κ3) is 5.03. The first-order valence-corrected chi connectivity index (χ1v) is 11.6. The predicted octanol–water partition coefficient (Wildman–Crippen LogP) is 5.41. The fraction of sp³-hybridized carbons (Fsp3) is 0.296. The molecule has 4 rings (SSSR count). The maximum absolute atomic E-state index is 13.5. The molecule has 3 aromatic rings. The number of carbonyl (C=O) groups excluding carboxylic acids is 1. The van der Waals surface area contributed by atoms with Gasteiger partial charge in [0.05, 0.1) is 30.8 Å². The van der Waals surface area contributed by atoms with Gasteiger partial charge in [0.25, 0.3) is 5.91 Å². The predicted molar refractivity (Wildman–Crippen MR) is 131 cm³/mol. The second-order valence-corrected chi connectivity index (χ2v) is 8.85. The van der Waals surface area contributed by atoms with Gasteiger partial charge in [-0.1, -0.05) is 35.9 Å². The Labute approximate surface area is 204 Å². The Morgan fingerprint density at radius 3 is 2.47 bits per heavy atom. The summed E-state index contributed by atoms with van der Waals surface area (Å²) in [7, 11) is 3.23. The third-order valence-corrected chi connectivity index (χ3v) is 6.61. The highest BCUT2D eigenvalue weighted by Gasteiger charge is 2.34. The van der Waals surface area contributed by atoms with E-state index in [1.54, 1.807) is 50.6 Å². The second kappa shape index (κ2) is 10.5. The van der Waals surface area contributed by atoms with Crippen LogP contribution in [0, 0.1) is 5.82 Å². The highest BCUT2D eigenvalue weighted by molar-refractivity contribution is 6.33. The lowest BCUT2D eigenvalue weighted by atomic mass is 9.87. The maximum atomic E-state index is 13.5. The van der Waals surface area contributed by atoms with E-state index in [0.29, 0.717) is 28.6 Å². The number of amides is 1. The van der Waals surface area contributed by atoms with Gasteiger partial charge in [0, 0.05) is 19.1 Å². The molecule has 5 nitrogen and oxygen atoms in total. The molecule has 0 bridgehead atoms. The molecule has 0 saturated carbocycles. The third-order valence-electron chi connectivity index (χ3n) is 6.28. The van der Waals surface area contributed by atoms with Crippen LogP contribution in [0.1, 0.15) is 40.0 Å². The minimum atomic E-state index is -0.263. The summed E-state index contributed by atoms with van der Waals surface area (Å²) in [6.07, 6.45) is 0.818. The van der Waals surface area contributed by atoms with Gasteiger partial charge in [0.2, 0.25) is 0 Å². The molecule has 0 unspecified atom stereocenters. The number of rotatable bonds is 7. The molecule has 2 atom stereocenters. The first kappa shape index (κ1) is 24.0. The molecule has 1 aliphatic rings. The van der Waals surface area contributed by atoms with Crippen molar-refractivity contribution in [3.8, 4) is 11.5 Å². The molecule has 178 valence electrons. The van der Waals surface area contributed by atoms with Gasteiger partial charge in [-0.25, -0.2) is 4.39 Å². The number of ether oxygens (including phenoxy) is 2. The Morgan fingerprint density at radius 1 is 1.12 bits per heavy atom. The Morgan fingerprint density at radius 2 is 1.79 bits per heavy atom. The number of nitrogens with zero attached hydrogens (tertiary/aromatic N) is 1. The van der Waals surface area contributed by atoms with Gasteiger partial charge in [-0.2, -0.15) is 0 Å². The summed E-state index contributed by atoms with van der Waals surface area (Å²) >= 11 is 6.26. The van der Waals surface area contributed by atoms with E-state index in [0.717, 1.165) is 29.7 Å². The Hall–Kier alpha value is -3.09. The molecule has 1 N–H and O–H groups in total. The van der Waals surface area contributed by atoms with Crippen LogP contribution in [0.15, 0.2) is 60.7 Å². The fourth-order valence-electron chi connectivity index (χ4n) is 4.62. The Balaban J connectivity index is 1.69. The quantitative estimate of drug-likeness (QED) is 0.489. The first-order chi connectivity index (χ1) is 16.4. The molecule has 0 spiro atoms. The molecule has 0 aromatic heterocycles. The number of hydrogen-bond acceptors (Lipinski definition) is 4. The van der Waals surface area contributed by atoms with Crippen molar-refractivity contribution in [1.82, 2.24) is 10.2 Å². The highest BCUT2D eigenvalue weighted by Crippen LogP contribution is 2.40. The number of benzene rings is 3. The molecule has 7 heteroatoms.